The number of nitrogens with two attached hydrogens (primary N) is 1. The fraction of sp³-hybridized carbons (Fsp3) is 0.462. The normalized spacial score (nSPS) is 20.3. The van der Waals surface area contributed by atoms with Crippen LogP contribution in [-0.2, 0) is 0 Å². The van der Waals surface area contributed by atoms with Gasteiger partial charge in [-0.05, 0) is 31.9 Å². The van der Waals surface area contributed by atoms with E-state index in [9.17, 15) is 0 Å². The Hall–Kier alpha value is -1.33. The lowest BCUT2D eigenvalue weighted by molar-refractivity contribution is 0.503. The summed E-state index contributed by atoms with van der Waals surface area (Å²) in [5, 5.41) is 7.54. The number of aryl methyl sites for hydroxylation is 1. The minimum atomic E-state index is 0.280. The van der Waals surface area contributed by atoms with Gasteiger partial charge in [0, 0.05) is 30.1 Å². The van der Waals surface area contributed by atoms with Crippen LogP contribution in [0.25, 0.3) is 10.6 Å². The summed E-state index contributed by atoms with van der Waals surface area (Å²) >= 11 is 1.79. The third kappa shape index (κ3) is 2.28. The van der Waals surface area contributed by atoms with Gasteiger partial charge in [0.2, 0.25) is 0 Å². The van der Waals surface area contributed by atoms with Crippen molar-refractivity contribution < 1.29 is 0 Å². The van der Waals surface area contributed by atoms with Gasteiger partial charge in [-0.15, -0.1) is 11.3 Å². The number of aromatic nitrogens is 2. The minimum absolute atomic E-state index is 0.280. The molecule has 0 bridgehead atoms. The van der Waals surface area contributed by atoms with Crippen molar-refractivity contribution in [2.24, 2.45) is 5.73 Å². The number of thiophene rings is 1. The van der Waals surface area contributed by atoms with E-state index in [1.54, 1.807) is 11.3 Å². The van der Waals surface area contributed by atoms with E-state index in [1.165, 1.54) is 9.75 Å². The second kappa shape index (κ2) is 4.74. The second-order valence-corrected chi connectivity index (χ2v) is 6.19. The molecule has 0 aliphatic carbocycles. The molecule has 4 nitrogen and oxygen atoms in total. The molecular weight excluding hydrogens is 244 g/mol. The summed E-state index contributed by atoms with van der Waals surface area (Å²) in [4.78, 5) is 4.84. The summed E-state index contributed by atoms with van der Waals surface area (Å²) in [5.41, 5.74) is 7.11. The highest BCUT2D eigenvalue weighted by Gasteiger charge is 2.19. The number of hydrogen-bond acceptors (Lipinski definition) is 4. The summed E-state index contributed by atoms with van der Waals surface area (Å²) in [5.74, 6) is 1.02. The number of H-pyrrole nitrogens is 1. The van der Waals surface area contributed by atoms with Crippen molar-refractivity contribution in [3.63, 3.8) is 0 Å². The molecular formula is C13H18N4S. The fourth-order valence-electron chi connectivity index (χ4n) is 2.40. The zero-order valence-corrected chi connectivity index (χ0v) is 11.3. The van der Waals surface area contributed by atoms with E-state index >= 15 is 0 Å². The van der Waals surface area contributed by atoms with Crippen LogP contribution in [0.5, 0.6) is 0 Å². The van der Waals surface area contributed by atoms with Crippen LogP contribution in [0.1, 0.15) is 17.7 Å². The van der Waals surface area contributed by atoms with Crippen LogP contribution in [-0.4, -0.2) is 29.3 Å². The van der Waals surface area contributed by atoms with E-state index in [1.807, 2.05) is 0 Å². The first-order valence-corrected chi connectivity index (χ1v) is 7.17. The van der Waals surface area contributed by atoms with E-state index in [2.05, 4.69) is 40.2 Å². The van der Waals surface area contributed by atoms with Crippen LogP contribution in [0.2, 0.25) is 0 Å². The molecule has 1 aliphatic heterocycles. The van der Waals surface area contributed by atoms with Crippen molar-refractivity contribution in [1.29, 1.82) is 0 Å². The van der Waals surface area contributed by atoms with Gasteiger partial charge in [-0.1, -0.05) is 0 Å². The third-order valence-corrected chi connectivity index (χ3v) is 4.39. The molecule has 3 rings (SSSR count). The van der Waals surface area contributed by atoms with E-state index in [-0.39, 0.29) is 6.04 Å². The average Bonchev–Trinajstić information content (AvgIpc) is 2.97. The monoisotopic (exact) mass is 262 g/mol. The lowest BCUT2D eigenvalue weighted by Crippen LogP contribution is -2.43. The fourth-order valence-corrected chi connectivity index (χ4v) is 3.23. The predicted octanol–water partition coefficient (Wildman–Crippen LogP) is 2.37. The van der Waals surface area contributed by atoms with Crippen LogP contribution in [0.15, 0.2) is 18.2 Å². The number of rotatable bonds is 2. The molecule has 1 aliphatic rings. The summed E-state index contributed by atoms with van der Waals surface area (Å²) in [6.45, 7) is 4.09. The Kier molecular flexibility index (Phi) is 3.09. The first-order chi connectivity index (χ1) is 8.72. The molecule has 3 heterocycles. The highest BCUT2D eigenvalue weighted by Crippen LogP contribution is 2.29. The molecule has 0 radical (unpaired) electrons. The van der Waals surface area contributed by atoms with Gasteiger partial charge in [0.05, 0.1) is 10.6 Å². The molecule has 2 aromatic heterocycles. The average molecular weight is 262 g/mol. The molecule has 1 saturated heterocycles. The van der Waals surface area contributed by atoms with Gasteiger partial charge < -0.3 is 10.6 Å². The molecule has 1 fully saturated rings. The van der Waals surface area contributed by atoms with E-state index in [4.69, 9.17) is 5.73 Å². The van der Waals surface area contributed by atoms with Crippen molar-refractivity contribution in [1.82, 2.24) is 10.2 Å². The van der Waals surface area contributed by atoms with Gasteiger partial charge in [-0.25, -0.2) is 0 Å². The minimum Gasteiger partial charge on any atom is -0.354 e. The van der Waals surface area contributed by atoms with Gasteiger partial charge in [0.25, 0.3) is 0 Å². The molecule has 96 valence electrons. The van der Waals surface area contributed by atoms with Crippen molar-refractivity contribution >= 4 is 17.2 Å². The first kappa shape index (κ1) is 11.7. The number of piperidine rings is 1. The van der Waals surface area contributed by atoms with Crippen LogP contribution < -0.4 is 10.6 Å². The van der Waals surface area contributed by atoms with Gasteiger partial charge >= 0.3 is 0 Å². The SMILES string of the molecule is Cc1ccc(-c2cc(N3CCCC(N)C3)n[nH]2)s1. The summed E-state index contributed by atoms with van der Waals surface area (Å²) in [6.07, 6.45) is 2.28. The Labute approximate surface area is 111 Å². The van der Waals surface area contributed by atoms with Gasteiger partial charge in [-0.2, -0.15) is 5.10 Å². The van der Waals surface area contributed by atoms with Gasteiger partial charge in [0.15, 0.2) is 5.82 Å². The zero-order chi connectivity index (χ0) is 12.5. The molecule has 0 spiro atoms. The number of nitrogens with zero attached hydrogens (tertiary/aromatic N) is 2. The van der Waals surface area contributed by atoms with Crippen molar-refractivity contribution in [3.8, 4) is 10.6 Å². The molecule has 0 aromatic carbocycles. The standard InChI is InChI=1S/C13H18N4S/c1-9-4-5-12(18-9)11-7-13(16-15-11)17-6-2-3-10(14)8-17/h4-5,7,10H,2-3,6,8,14H2,1H3,(H,15,16). The zero-order valence-electron chi connectivity index (χ0n) is 10.5. The highest BCUT2D eigenvalue weighted by atomic mass is 32.1. The summed E-state index contributed by atoms with van der Waals surface area (Å²) in [7, 11) is 0. The van der Waals surface area contributed by atoms with Crippen LogP contribution in [0.3, 0.4) is 0 Å². The Morgan fingerprint density at radius 3 is 3.11 bits per heavy atom. The largest absolute Gasteiger partial charge is 0.354 e. The predicted molar refractivity (Wildman–Crippen MR) is 76.1 cm³/mol. The lowest BCUT2D eigenvalue weighted by atomic mass is 10.1. The first-order valence-electron chi connectivity index (χ1n) is 6.35. The summed E-state index contributed by atoms with van der Waals surface area (Å²) < 4.78 is 0. The topological polar surface area (TPSA) is 57.9 Å². The van der Waals surface area contributed by atoms with E-state index in [0.717, 1.165) is 37.4 Å². The highest BCUT2D eigenvalue weighted by molar-refractivity contribution is 7.15. The molecule has 5 heteroatoms. The number of nitrogens with one attached hydrogen (secondary N) is 1. The molecule has 3 N–H and O–H groups in total. The number of hydrogen-bond donors (Lipinski definition) is 2. The third-order valence-electron chi connectivity index (χ3n) is 3.35. The van der Waals surface area contributed by atoms with E-state index < -0.39 is 0 Å². The number of aromatic amines is 1. The molecule has 1 unspecified atom stereocenters. The van der Waals surface area contributed by atoms with Crippen LogP contribution in [0, 0.1) is 6.92 Å². The van der Waals surface area contributed by atoms with Crippen molar-refractivity contribution in [2.45, 2.75) is 25.8 Å². The molecule has 0 saturated carbocycles. The summed E-state index contributed by atoms with van der Waals surface area (Å²) in [6, 6.07) is 6.68. The Balaban J connectivity index is 1.80. The molecule has 0 amide bonds. The maximum Gasteiger partial charge on any atom is 0.151 e. The van der Waals surface area contributed by atoms with Crippen LogP contribution in [0.4, 0.5) is 5.82 Å². The van der Waals surface area contributed by atoms with Gasteiger partial charge in [-0.3, -0.25) is 5.10 Å². The van der Waals surface area contributed by atoms with Crippen LogP contribution >= 0.6 is 11.3 Å². The number of anilines is 1. The Morgan fingerprint density at radius 1 is 1.50 bits per heavy atom. The Morgan fingerprint density at radius 2 is 2.39 bits per heavy atom. The van der Waals surface area contributed by atoms with E-state index in [0.29, 0.717) is 0 Å². The molecule has 2 aromatic rings. The van der Waals surface area contributed by atoms with Crippen molar-refractivity contribution in [3.05, 3.63) is 23.1 Å². The second-order valence-electron chi connectivity index (χ2n) is 4.90. The lowest BCUT2D eigenvalue weighted by Gasteiger charge is -2.30. The van der Waals surface area contributed by atoms with Gasteiger partial charge in [0.1, 0.15) is 0 Å². The Bertz CT molecular complexity index is 531. The smallest absolute Gasteiger partial charge is 0.151 e. The molecule has 1 atom stereocenters. The molecule has 18 heavy (non-hydrogen) atoms. The quantitative estimate of drug-likeness (QED) is 0.873. The maximum atomic E-state index is 6.01. The van der Waals surface area contributed by atoms with Crippen molar-refractivity contribution in [2.75, 3.05) is 18.0 Å². The maximum absolute atomic E-state index is 6.01.